The Bertz CT molecular complexity index is 507. The lowest BCUT2D eigenvalue weighted by atomic mass is 9.84. The lowest BCUT2D eigenvalue weighted by Crippen LogP contribution is -2.41. The van der Waals surface area contributed by atoms with Crippen molar-refractivity contribution in [1.29, 1.82) is 0 Å². The number of ether oxygens (including phenoxy) is 2. The minimum atomic E-state index is -0.200. The molecule has 1 rings (SSSR count). The summed E-state index contributed by atoms with van der Waals surface area (Å²) in [5.41, 5.74) is 0.890. The first-order valence-corrected chi connectivity index (χ1v) is 7.50. The van der Waals surface area contributed by atoms with Crippen LogP contribution in [0.15, 0.2) is 18.2 Å². The summed E-state index contributed by atoms with van der Waals surface area (Å²) in [7, 11) is 5.08. The highest BCUT2D eigenvalue weighted by Crippen LogP contribution is 2.32. The van der Waals surface area contributed by atoms with Crippen LogP contribution in [0.2, 0.25) is 0 Å². The van der Waals surface area contributed by atoms with E-state index < -0.39 is 0 Å². The molecule has 1 atom stereocenters. The Morgan fingerprint density at radius 1 is 1.22 bits per heavy atom. The fourth-order valence-corrected chi connectivity index (χ4v) is 2.24. The van der Waals surface area contributed by atoms with Crippen molar-refractivity contribution in [1.82, 2.24) is 10.6 Å². The van der Waals surface area contributed by atoms with E-state index in [1.165, 1.54) is 0 Å². The van der Waals surface area contributed by atoms with Gasteiger partial charge in [0.15, 0.2) is 11.5 Å². The largest absolute Gasteiger partial charge is 0.493 e. The third kappa shape index (κ3) is 5.92. The second kappa shape index (κ2) is 9.63. The fraction of sp³-hybridized carbons (Fsp3) is 0.588. The lowest BCUT2D eigenvalue weighted by Gasteiger charge is -2.27. The molecule has 0 fully saturated rings. The van der Waals surface area contributed by atoms with E-state index >= 15 is 0 Å². The van der Waals surface area contributed by atoms with Crippen LogP contribution in [0.25, 0.3) is 0 Å². The van der Waals surface area contributed by atoms with Crippen LogP contribution in [-0.2, 0) is 10.2 Å². The molecule has 0 aliphatic carbocycles. The zero-order valence-corrected chi connectivity index (χ0v) is 15.7. The smallest absolute Gasteiger partial charge is 0.224 e. The number of amides is 1. The van der Waals surface area contributed by atoms with E-state index in [0.29, 0.717) is 24.6 Å². The van der Waals surface area contributed by atoms with Crippen molar-refractivity contribution < 1.29 is 14.3 Å². The maximum absolute atomic E-state index is 12.0. The Hall–Kier alpha value is -1.46. The highest BCUT2D eigenvalue weighted by Gasteiger charge is 2.24. The van der Waals surface area contributed by atoms with Gasteiger partial charge in [-0.15, -0.1) is 12.4 Å². The number of methoxy groups -OCH3 is 2. The van der Waals surface area contributed by atoms with Crippen LogP contribution >= 0.6 is 12.4 Å². The van der Waals surface area contributed by atoms with Gasteiger partial charge in [0, 0.05) is 24.4 Å². The number of benzene rings is 1. The third-order valence-corrected chi connectivity index (χ3v) is 3.83. The molecule has 0 spiro atoms. The first kappa shape index (κ1) is 21.5. The van der Waals surface area contributed by atoms with Gasteiger partial charge in [0.25, 0.3) is 0 Å². The first-order valence-electron chi connectivity index (χ1n) is 7.50. The van der Waals surface area contributed by atoms with Crippen molar-refractivity contribution in [2.24, 2.45) is 5.92 Å². The molecule has 6 heteroatoms. The number of halogens is 1. The van der Waals surface area contributed by atoms with E-state index in [2.05, 4.69) is 24.5 Å². The number of hydrogen-bond donors (Lipinski definition) is 2. The topological polar surface area (TPSA) is 59.6 Å². The maximum atomic E-state index is 12.0. The van der Waals surface area contributed by atoms with Gasteiger partial charge in [0.05, 0.1) is 14.2 Å². The third-order valence-electron chi connectivity index (χ3n) is 3.83. The minimum absolute atomic E-state index is 0. The van der Waals surface area contributed by atoms with Gasteiger partial charge in [0.1, 0.15) is 0 Å². The van der Waals surface area contributed by atoms with Gasteiger partial charge >= 0.3 is 0 Å². The van der Waals surface area contributed by atoms with E-state index in [0.717, 1.165) is 5.56 Å². The molecule has 0 heterocycles. The molecule has 132 valence electrons. The van der Waals surface area contributed by atoms with Crippen LogP contribution in [-0.4, -0.2) is 40.3 Å². The van der Waals surface area contributed by atoms with Crippen molar-refractivity contribution in [2.75, 3.05) is 34.4 Å². The van der Waals surface area contributed by atoms with E-state index in [1.807, 2.05) is 32.2 Å². The van der Waals surface area contributed by atoms with E-state index in [1.54, 1.807) is 14.2 Å². The Labute approximate surface area is 145 Å². The number of carbonyl (C=O) groups excluding carboxylic acids is 1. The normalized spacial score (nSPS) is 12.1. The Kier molecular flexibility index (Phi) is 9.02. The Morgan fingerprint density at radius 3 is 2.35 bits per heavy atom. The molecule has 0 saturated heterocycles. The molecular weight excluding hydrogens is 316 g/mol. The van der Waals surface area contributed by atoms with Crippen molar-refractivity contribution in [3.63, 3.8) is 0 Å². The SMILES string of the molecule is CNCC(C)C(=O)NCC(C)(C)c1ccc(OC)c(OC)c1.Cl. The zero-order chi connectivity index (χ0) is 16.8. The zero-order valence-electron chi connectivity index (χ0n) is 14.9. The predicted molar refractivity (Wildman–Crippen MR) is 95.9 cm³/mol. The second-order valence-electron chi connectivity index (χ2n) is 6.13. The van der Waals surface area contributed by atoms with Gasteiger partial charge in [-0.05, 0) is 24.7 Å². The van der Waals surface area contributed by atoms with Crippen molar-refractivity contribution in [3.05, 3.63) is 23.8 Å². The summed E-state index contributed by atoms with van der Waals surface area (Å²) in [4.78, 5) is 12.0. The molecule has 0 aliphatic rings. The van der Waals surface area contributed by atoms with Crippen molar-refractivity contribution >= 4 is 18.3 Å². The summed E-state index contributed by atoms with van der Waals surface area (Å²) in [5.74, 6) is 1.41. The van der Waals surface area contributed by atoms with Crippen molar-refractivity contribution in [2.45, 2.75) is 26.2 Å². The van der Waals surface area contributed by atoms with Crippen LogP contribution in [0.4, 0.5) is 0 Å². The van der Waals surface area contributed by atoms with E-state index in [9.17, 15) is 4.79 Å². The van der Waals surface area contributed by atoms with E-state index in [4.69, 9.17) is 9.47 Å². The van der Waals surface area contributed by atoms with Gasteiger partial charge in [-0.3, -0.25) is 4.79 Å². The molecular formula is C17H29ClN2O3. The lowest BCUT2D eigenvalue weighted by molar-refractivity contribution is -0.124. The summed E-state index contributed by atoms with van der Waals surface area (Å²) in [5, 5.41) is 6.03. The van der Waals surface area contributed by atoms with Crippen LogP contribution in [0.5, 0.6) is 11.5 Å². The van der Waals surface area contributed by atoms with Crippen LogP contribution < -0.4 is 20.1 Å². The van der Waals surface area contributed by atoms with Gasteiger partial charge < -0.3 is 20.1 Å². The second-order valence-corrected chi connectivity index (χ2v) is 6.13. The molecule has 2 N–H and O–H groups in total. The number of hydrogen-bond acceptors (Lipinski definition) is 4. The van der Waals surface area contributed by atoms with Crippen molar-refractivity contribution in [3.8, 4) is 11.5 Å². The summed E-state index contributed by atoms with van der Waals surface area (Å²) >= 11 is 0. The van der Waals surface area contributed by atoms with Gasteiger partial charge in [-0.2, -0.15) is 0 Å². The number of nitrogens with one attached hydrogen (secondary N) is 2. The molecule has 1 amide bonds. The first-order chi connectivity index (χ1) is 10.4. The quantitative estimate of drug-likeness (QED) is 0.760. The molecule has 0 radical (unpaired) electrons. The van der Waals surface area contributed by atoms with Gasteiger partial charge in [-0.1, -0.05) is 26.8 Å². The van der Waals surface area contributed by atoms with Crippen LogP contribution in [0.3, 0.4) is 0 Å². The van der Waals surface area contributed by atoms with Crippen LogP contribution in [0, 0.1) is 5.92 Å². The molecule has 1 unspecified atom stereocenters. The molecule has 0 aromatic heterocycles. The average molecular weight is 345 g/mol. The highest BCUT2D eigenvalue weighted by atomic mass is 35.5. The Morgan fingerprint density at radius 2 is 1.83 bits per heavy atom. The highest BCUT2D eigenvalue weighted by molar-refractivity contribution is 5.85. The minimum Gasteiger partial charge on any atom is -0.493 e. The monoisotopic (exact) mass is 344 g/mol. The number of rotatable bonds is 8. The van der Waals surface area contributed by atoms with Gasteiger partial charge in [0.2, 0.25) is 5.91 Å². The summed E-state index contributed by atoms with van der Waals surface area (Å²) in [6.07, 6.45) is 0. The summed E-state index contributed by atoms with van der Waals surface area (Å²) < 4.78 is 10.6. The summed E-state index contributed by atoms with van der Waals surface area (Å²) in [6, 6.07) is 5.86. The van der Waals surface area contributed by atoms with E-state index in [-0.39, 0.29) is 29.6 Å². The average Bonchev–Trinajstić information content (AvgIpc) is 2.52. The summed E-state index contributed by atoms with van der Waals surface area (Å²) in [6.45, 7) is 7.34. The maximum Gasteiger partial charge on any atom is 0.224 e. The Balaban J connectivity index is 0.00000484. The van der Waals surface area contributed by atoms with Crippen LogP contribution in [0.1, 0.15) is 26.3 Å². The number of carbonyl (C=O) groups is 1. The molecule has 23 heavy (non-hydrogen) atoms. The molecule has 5 nitrogen and oxygen atoms in total. The standard InChI is InChI=1S/C17H28N2O3.ClH/c1-12(10-18-4)16(20)19-11-17(2,3)13-7-8-14(21-5)15(9-13)22-6;/h7-9,12,18H,10-11H2,1-6H3,(H,19,20);1H. The fourth-order valence-electron chi connectivity index (χ4n) is 2.24. The molecule has 0 bridgehead atoms. The molecule has 1 aromatic rings. The molecule has 1 aromatic carbocycles. The molecule has 0 aliphatic heterocycles. The van der Waals surface area contributed by atoms with Gasteiger partial charge in [-0.25, -0.2) is 0 Å². The molecule has 0 saturated carbocycles. The predicted octanol–water partition coefficient (Wildman–Crippen LogP) is 2.37.